The summed E-state index contributed by atoms with van der Waals surface area (Å²) in [6, 6.07) is 11.1. The van der Waals surface area contributed by atoms with Crippen molar-refractivity contribution in [3.05, 3.63) is 63.7 Å². The second-order valence-electron chi connectivity index (χ2n) is 5.86. The average Bonchev–Trinajstić information content (AvgIpc) is 2.58. The van der Waals surface area contributed by atoms with Crippen molar-refractivity contribution >= 4 is 23.4 Å². The molecular weight excluding hydrogens is 340 g/mol. The molecule has 2 N–H and O–H groups in total. The van der Waals surface area contributed by atoms with E-state index in [2.05, 4.69) is 10.9 Å². The van der Waals surface area contributed by atoms with Gasteiger partial charge in [-0.1, -0.05) is 35.9 Å². The normalized spacial score (nSPS) is 10.2. The van der Waals surface area contributed by atoms with Crippen LogP contribution in [0.1, 0.15) is 22.3 Å². The van der Waals surface area contributed by atoms with Crippen molar-refractivity contribution < 1.29 is 14.3 Å². The van der Waals surface area contributed by atoms with Crippen LogP contribution in [-0.2, 0) is 16.0 Å². The Morgan fingerprint density at radius 3 is 2.20 bits per heavy atom. The Bertz CT molecular complexity index is 767. The quantitative estimate of drug-likeness (QED) is 0.805. The number of hydrogen-bond acceptors (Lipinski definition) is 3. The van der Waals surface area contributed by atoms with Gasteiger partial charge in [0, 0.05) is 5.02 Å². The van der Waals surface area contributed by atoms with Crippen molar-refractivity contribution in [2.75, 3.05) is 6.61 Å². The molecule has 0 aliphatic rings. The Morgan fingerprint density at radius 1 is 0.960 bits per heavy atom. The van der Waals surface area contributed by atoms with E-state index in [1.54, 1.807) is 12.1 Å². The first-order valence-electron chi connectivity index (χ1n) is 7.88. The number of amides is 2. The molecule has 0 fully saturated rings. The Morgan fingerprint density at radius 2 is 1.56 bits per heavy atom. The summed E-state index contributed by atoms with van der Waals surface area (Å²) in [5.74, 6) is -0.176. The van der Waals surface area contributed by atoms with Crippen LogP contribution in [0.5, 0.6) is 5.75 Å². The van der Waals surface area contributed by atoms with E-state index in [0.29, 0.717) is 10.8 Å². The van der Waals surface area contributed by atoms with E-state index in [-0.39, 0.29) is 18.9 Å². The highest BCUT2D eigenvalue weighted by molar-refractivity contribution is 6.32. The lowest BCUT2D eigenvalue weighted by molar-refractivity contribution is -0.129. The zero-order valence-electron chi connectivity index (χ0n) is 14.5. The largest absolute Gasteiger partial charge is 0.484 e. The van der Waals surface area contributed by atoms with Crippen molar-refractivity contribution in [2.45, 2.75) is 27.2 Å². The average molecular weight is 361 g/mol. The van der Waals surface area contributed by atoms with Crippen molar-refractivity contribution in [3.63, 3.8) is 0 Å². The number of hydrazine groups is 1. The summed E-state index contributed by atoms with van der Waals surface area (Å²) < 4.78 is 5.43. The molecule has 6 heteroatoms. The highest BCUT2D eigenvalue weighted by Crippen LogP contribution is 2.25. The van der Waals surface area contributed by atoms with Gasteiger partial charge in [0.15, 0.2) is 6.61 Å². The molecular formula is C19H21ClN2O3. The molecule has 25 heavy (non-hydrogen) atoms. The molecule has 0 atom stereocenters. The number of nitrogens with one attached hydrogen (secondary N) is 2. The number of benzene rings is 2. The highest BCUT2D eigenvalue weighted by atomic mass is 35.5. The number of aryl methyl sites for hydroxylation is 3. The van der Waals surface area contributed by atoms with Crippen LogP contribution >= 0.6 is 11.6 Å². The molecule has 132 valence electrons. The summed E-state index contributed by atoms with van der Waals surface area (Å²) in [6.45, 7) is 5.47. The summed E-state index contributed by atoms with van der Waals surface area (Å²) in [5, 5.41) is 0.681. The SMILES string of the molecule is Cc1ccccc1CC(=O)NNC(=O)COc1cc(C)c(Cl)c(C)c1. The maximum atomic E-state index is 11.9. The summed E-state index contributed by atoms with van der Waals surface area (Å²) in [5.41, 5.74) is 8.43. The van der Waals surface area contributed by atoms with Crippen LogP contribution in [0.2, 0.25) is 5.02 Å². The molecule has 2 rings (SSSR count). The van der Waals surface area contributed by atoms with Gasteiger partial charge in [-0.25, -0.2) is 0 Å². The third-order valence-electron chi connectivity index (χ3n) is 3.73. The lowest BCUT2D eigenvalue weighted by atomic mass is 10.1. The molecule has 0 saturated carbocycles. The standard InChI is InChI=1S/C19H21ClN2O3/c1-12-6-4-5-7-15(12)10-17(23)21-22-18(24)11-25-16-8-13(2)19(20)14(3)9-16/h4-9H,10-11H2,1-3H3,(H,21,23)(H,22,24). The summed E-state index contributed by atoms with van der Waals surface area (Å²) in [4.78, 5) is 23.7. The van der Waals surface area contributed by atoms with Crippen LogP contribution in [0.4, 0.5) is 0 Å². The van der Waals surface area contributed by atoms with E-state index in [4.69, 9.17) is 16.3 Å². The topological polar surface area (TPSA) is 67.4 Å². The van der Waals surface area contributed by atoms with Crippen LogP contribution in [0.3, 0.4) is 0 Å². The van der Waals surface area contributed by atoms with Gasteiger partial charge >= 0.3 is 0 Å². The van der Waals surface area contributed by atoms with Crippen LogP contribution in [0, 0.1) is 20.8 Å². The Kier molecular flexibility index (Phi) is 6.42. The minimum absolute atomic E-state index is 0.198. The molecule has 0 heterocycles. The van der Waals surface area contributed by atoms with Crippen molar-refractivity contribution in [1.82, 2.24) is 10.9 Å². The Labute approximate surface area is 152 Å². The second-order valence-corrected chi connectivity index (χ2v) is 6.24. The fraction of sp³-hybridized carbons (Fsp3) is 0.263. The van der Waals surface area contributed by atoms with Gasteiger partial charge in [-0.15, -0.1) is 0 Å². The lowest BCUT2D eigenvalue weighted by Crippen LogP contribution is -2.44. The molecule has 5 nitrogen and oxygen atoms in total. The molecule has 0 spiro atoms. The fourth-order valence-electron chi connectivity index (χ4n) is 2.34. The van der Waals surface area contributed by atoms with Gasteiger partial charge in [0.05, 0.1) is 6.42 Å². The molecule has 2 aromatic carbocycles. The molecule has 2 amide bonds. The zero-order valence-corrected chi connectivity index (χ0v) is 15.2. The molecule has 0 aromatic heterocycles. The molecule has 0 bridgehead atoms. The van der Waals surface area contributed by atoms with Crippen LogP contribution in [0.15, 0.2) is 36.4 Å². The minimum Gasteiger partial charge on any atom is -0.484 e. The van der Waals surface area contributed by atoms with E-state index in [9.17, 15) is 9.59 Å². The van der Waals surface area contributed by atoms with Gasteiger partial charge in [-0.3, -0.25) is 20.4 Å². The number of rotatable bonds is 5. The smallest absolute Gasteiger partial charge is 0.276 e. The fourth-order valence-corrected chi connectivity index (χ4v) is 2.45. The third-order valence-corrected chi connectivity index (χ3v) is 4.33. The second kappa shape index (κ2) is 8.53. The number of halogens is 1. The van der Waals surface area contributed by atoms with E-state index >= 15 is 0 Å². The highest BCUT2D eigenvalue weighted by Gasteiger charge is 2.09. The van der Waals surface area contributed by atoms with Crippen LogP contribution in [-0.4, -0.2) is 18.4 Å². The molecule has 0 saturated heterocycles. The molecule has 0 aliphatic carbocycles. The summed E-state index contributed by atoms with van der Waals surface area (Å²) in [7, 11) is 0. The summed E-state index contributed by atoms with van der Waals surface area (Å²) in [6.07, 6.45) is 0.198. The first kappa shape index (κ1) is 18.8. The number of ether oxygens (including phenoxy) is 1. The minimum atomic E-state index is -0.441. The molecule has 0 aliphatic heterocycles. The summed E-state index contributed by atoms with van der Waals surface area (Å²) >= 11 is 6.09. The first-order valence-corrected chi connectivity index (χ1v) is 8.26. The van der Waals surface area contributed by atoms with Crippen molar-refractivity contribution in [1.29, 1.82) is 0 Å². The van der Waals surface area contributed by atoms with E-state index in [0.717, 1.165) is 22.3 Å². The van der Waals surface area contributed by atoms with E-state index in [1.165, 1.54) is 0 Å². The molecule has 2 aromatic rings. The Balaban J connectivity index is 1.79. The van der Waals surface area contributed by atoms with E-state index < -0.39 is 5.91 Å². The zero-order chi connectivity index (χ0) is 18.4. The molecule has 0 unspecified atom stereocenters. The van der Waals surface area contributed by atoms with Crippen LogP contribution < -0.4 is 15.6 Å². The maximum absolute atomic E-state index is 11.9. The number of carbonyl (C=O) groups is 2. The third kappa shape index (κ3) is 5.50. The van der Waals surface area contributed by atoms with Gasteiger partial charge in [0.1, 0.15) is 5.75 Å². The van der Waals surface area contributed by atoms with Crippen LogP contribution in [0.25, 0.3) is 0 Å². The van der Waals surface area contributed by atoms with Gasteiger partial charge < -0.3 is 4.74 Å². The predicted molar refractivity (Wildman–Crippen MR) is 97.6 cm³/mol. The predicted octanol–water partition coefficient (Wildman–Crippen LogP) is 3.03. The Hall–Kier alpha value is -2.53. The van der Waals surface area contributed by atoms with Gasteiger partial charge in [0.25, 0.3) is 5.91 Å². The lowest BCUT2D eigenvalue weighted by Gasteiger charge is -2.11. The van der Waals surface area contributed by atoms with Crippen molar-refractivity contribution in [3.8, 4) is 5.75 Å². The van der Waals surface area contributed by atoms with Crippen molar-refractivity contribution in [2.24, 2.45) is 0 Å². The van der Waals surface area contributed by atoms with E-state index in [1.807, 2.05) is 45.0 Å². The first-order chi connectivity index (χ1) is 11.9. The van der Waals surface area contributed by atoms with Gasteiger partial charge in [-0.2, -0.15) is 0 Å². The molecule has 0 radical (unpaired) electrons. The van der Waals surface area contributed by atoms with Gasteiger partial charge in [0.2, 0.25) is 5.91 Å². The monoisotopic (exact) mass is 360 g/mol. The maximum Gasteiger partial charge on any atom is 0.276 e. The number of hydrogen-bond donors (Lipinski definition) is 2. The van der Waals surface area contributed by atoms with Gasteiger partial charge in [-0.05, 0) is 55.2 Å². The number of carbonyl (C=O) groups excluding carboxylic acids is 2.